The number of anilines is 1. The Labute approximate surface area is 179 Å². The van der Waals surface area contributed by atoms with Crippen LogP contribution >= 0.6 is 11.3 Å². The largest absolute Gasteiger partial charge is 0.321 e. The number of fused-ring (bicyclic) bond motifs is 1. The van der Waals surface area contributed by atoms with Crippen LogP contribution in [0.2, 0.25) is 0 Å². The normalized spacial score (nSPS) is 15.5. The van der Waals surface area contributed by atoms with Gasteiger partial charge in [0.1, 0.15) is 10.5 Å². The summed E-state index contributed by atoms with van der Waals surface area (Å²) < 4.78 is 42.8. The van der Waals surface area contributed by atoms with Crippen molar-refractivity contribution in [1.82, 2.24) is 9.47 Å². The zero-order valence-corrected chi connectivity index (χ0v) is 17.5. The molecule has 1 aromatic heterocycles. The average molecular weight is 445 g/mol. The Morgan fingerprint density at radius 3 is 2.55 bits per heavy atom. The maximum atomic E-state index is 13.9. The monoisotopic (exact) mass is 445 g/mol. The molecule has 0 saturated carbocycles. The molecule has 1 N–H and O–H groups in total. The van der Waals surface area contributed by atoms with Crippen LogP contribution in [-0.4, -0.2) is 36.0 Å². The molecule has 5 nitrogen and oxygen atoms in total. The average Bonchev–Trinajstić information content (AvgIpc) is 3.18. The molecule has 3 aromatic rings. The van der Waals surface area contributed by atoms with Gasteiger partial charge < -0.3 is 10.2 Å². The summed E-state index contributed by atoms with van der Waals surface area (Å²) in [6, 6.07) is 7.32. The number of carbonyl (C=O) groups excluding carboxylic acids is 1. The zero-order valence-electron chi connectivity index (χ0n) is 16.7. The molecule has 0 radical (unpaired) electrons. The SMILES string of the molecule is CN(C)CCn1c(=O)/c(=C/c2ccc(F)c(F)c2)s/c1=C1\C(=O)Nc2ccc(F)cc21. The molecule has 1 aliphatic heterocycles. The van der Waals surface area contributed by atoms with Crippen LogP contribution in [0.4, 0.5) is 18.9 Å². The van der Waals surface area contributed by atoms with Crippen LogP contribution in [0.5, 0.6) is 0 Å². The van der Waals surface area contributed by atoms with Crippen molar-refractivity contribution in [1.29, 1.82) is 0 Å². The molecule has 9 heteroatoms. The van der Waals surface area contributed by atoms with Crippen LogP contribution in [0.1, 0.15) is 11.1 Å². The number of hydrogen-bond acceptors (Lipinski definition) is 4. The van der Waals surface area contributed by atoms with Gasteiger partial charge in [-0.15, -0.1) is 11.3 Å². The predicted molar refractivity (Wildman–Crippen MR) is 114 cm³/mol. The van der Waals surface area contributed by atoms with Crippen LogP contribution in [0.25, 0.3) is 11.6 Å². The van der Waals surface area contributed by atoms with Gasteiger partial charge in [0, 0.05) is 24.3 Å². The number of aromatic nitrogens is 1. The van der Waals surface area contributed by atoms with Crippen molar-refractivity contribution < 1.29 is 18.0 Å². The number of rotatable bonds is 4. The molecule has 0 saturated heterocycles. The number of nitrogens with one attached hydrogen (secondary N) is 1. The van der Waals surface area contributed by atoms with Gasteiger partial charge >= 0.3 is 0 Å². The number of halogens is 3. The van der Waals surface area contributed by atoms with Crippen LogP contribution in [-0.2, 0) is 11.3 Å². The van der Waals surface area contributed by atoms with Crippen LogP contribution < -0.4 is 20.1 Å². The number of benzene rings is 2. The van der Waals surface area contributed by atoms with Crippen molar-refractivity contribution in [2.75, 3.05) is 26.0 Å². The van der Waals surface area contributed by atoms with Gasteiger partial charge in [0.15, 0.2) is 11.6 Å². The Balaban J connectivity index is 2.00. The quantitative estimate of drug-likeness (QED) is 0.667. The number of nitrogens with zero attached hydrogens (tertiary/aromatic N) is 2. The zero-order chi connectivity index (χ0) is 22.3. The van der Waals surface area contributed by atoms with Gasteiger partial charge in [0.2, 0.25) is 0 Å². The van der Waals surface area contributed by atoms with Gasteiger partial charge in [-0.1, -0.05) is 6.07 Å². The number of thiazole rings is 1. The van der Waals surface area contributed by atoms with E-state index in [9.17, 15) is 22.8 Å². The topological polar surface area (TPSA) is 54.3 Å². The van der Waals surface area contributed by atoms with E-state index in [0.29, 0.717) is 34.6 Å². The van der Waals surface area contributed by atoms with Crippen molar-refractivity contribution in [2.45, 2.75) is 6.54 Å². The van der Waals surface area contributed by atoms with Crippen LogP contribution in [0.15, 0.2) is 41.2 Å². The van der Waals surface area contributed by atoms with E-state index in [-0.39, 0.29) is 15.7 Å². The molecule has 31 heavy (non-hydrogen) atoms. The number of hydrogen-bond donors (Lipinski definition) is 1. The predicted octanol–water partition coefficient (Wildman–Crippen LogP) is 1.87. The smallest absolute Gasteiger partial charge is 0.269 e. The first-order valence-electron chi connectivity index (χ1n) is 9.41. The minimum Gasteiger partial charge on any atom is -0.321 e. The van der Waals surface area contributed by atoms with Crippen LogP contribution in [0, 0.1) is 17.5 Å². The van der Waals surface area contributed by atoms with E-state index in [1.54, 1.807) is 0 Å². The van der Waals surface area contributed by atoms with E-state index in [4.69, 9.17) is 0 Å². The Bertz CT molecular complexity index is 1380. The highest BCUT2D eigenvalue weighted by atomic mass is 32.1. The molecule has 0 spiro atoms. The van der Waals surface area contributed by atoms with Crippen molar-refractivity contribution in [2.24, 2.45) is 0 Å². The second-order valence-corrected chi connectivity index (χ2v) is 8.40. The highest BCUT2D eigenvalue weighted by molar-refractivity contribution is 7.07. The highest BCUT2D eigenvalue weighted by Gasteiger charge is 2.27. The summed E-state index contributed by atoms with van der Waals surface area (Å²) in [5.74, 6) is -2.93. The third kappa shape index (κ3) is 4.06. The summed E-state index contributed by atoms with van der Waals surface area (Å²) in [4.78, 5) is 27.7. The number of likely N-dealkylation sites (N-methyl/N-ethyl adjacent to an activating group) is 1. The van der Waals surface area contributed by atoms with E-state index in [1.165, 1.54) is 34.9 Å². The molecule has 2 heterocycles. The lowest BCUT2D eigenvalue weighted by atomic mass is 10.1. The second kappa shape index (κ2) is 8.16. The van der Waals surface area contributed by atoms with Gasteiger partial charge in [0.05, 0.1) is 10.1 Å². The number of amides is 1. The fourth-order valence-electron chi connectivity index (χ4n) is 3.31. The molecule has 0 aliphatic carbocycles. The molecule has 2 aromatic carbocycles. The van der Waals surface area contributed by atoms with E-state index < -0.39 is 23.4 Å². The first kappa shape index (κ1) is 21.1. The Kier molecular flexibility index (Phi) is 5.55. The molecule has 0 atom stereocenters. The lowest BCUT2D eigenvalue weighted by Gasteiger charge is -2.10. The maximum Gasteiger partial charge on any atom is 0.269 e. The van der Waals surface area contributed by atoms with E-state index >= 15 is 0 Å². The lowest BCUT2D eigenvalue weighted by Crippen LogP contribution is -2.36. The fraction of sp³-hybridized carbons (Fsp3) is 0.182. The molecule has 0 fully saturated rings. The summed E-state index contributed by atoms with van der Waals surface area (Å²) in [7, 11) is 3.71. The van der Waals surface area contributed by atoms with E-state index in [0.717, 1.165) is 23.5 Å². The maximum absolute atomic E-state index is 13.9. The molecular weight excluding hydrogens is 427 g/mol. The molecule has 1 aliphatic rings. The molecule has 0 bridgehead atoms. The highest BCUT2D eigenvalue weighted by Crippen LogP contribution is 2.30. The standard InChI is InChI=1S/C22H18F3N3O2S/c1-27(2)7-8-28-21(30)18(10-12-3-5-15(24)16(25)9-12)31-22(28)19-14-11-13(23)4-6-17(14)26-20(19)29/h3-6,9-11H,7-8H2,1-2H3,(H,26,29)/b18-10-,22-19-. The summed E-state index contributed by atoms with van der Waals surface area (Å²) >= 11 is 1.05. The van der Waals surface area contributed by atoms with Gasteiger partial charge in [0.25, 0.3) is 11.5 Å². The minimum absolute atomic E-state index is 0.209. The molecular formula is C22H18F3N3O2S. The Hall–Kier alpha value is -3.17. The van der Waals surface area contributed by atoms with Gasteiger partial charge in [-0.3, -0.25) is 14.2 Å². The molecule has 0 unspecified atom stereocenters. The molecule has 4 rings (SSSR count). The van der Waals surface area contributed by atoms with Crippen molar-refractivity contribution in [3.63, 3.8) is 0 Å². The summed E-state index contributed by atoms with van der Waals surface area (Å²) in [6.45, 7) is 0.823. The lowest BCUT2D eigenvalue weighted by molar-refractivity contribution is -0.110. The second-order valence-electron chi connectivity index (χ2n) is 7.37. The third-order valence-electron chi connectivity index (χ3n) is 4.86. The first-order valence-corrected chi connectivity index (χ1v) is 10.2. The molecule has 1 amide bonds. The third-order valence-corrected chi connectivity index (χ3v) is 5.99. The fourth-order valence-corrected chi connectivity index (χ4v) is 4.50. The Morgan fingerprint density at radius 1 is 1.06 bits per heavy atom. The van der Waals surface area contributed by atoms with Gasteiger partial charge in [-0.2, -0.15) is 0 Å². The van der Waals surface area contributed by atoms with E-state index in [1.807, 2.05) is 19.0 Å². The van der Waals surface area contributed by atoms with Gasteiger partial charge in [-0.05, 0) is 56.1 Å². The number of carbonyl (C=O) groups is 1. The molecule has 160 valence electrons. The Morgan fingerprint density at radius 2 is 1.84 bits per heavy atom. The van der Waals surface area contributed by atoms with Crippen LogP contribution in [0.3, 0.4) is 0 Å². The van der Waals surface area contributed by atoms with E-state index in [2.05, 4.69) is 5.32 Å². The van der Waals surface area contributed by atoms with Gasteiger partial charge in [-0.25, -0.2) is 13.2 Å². The minimum atomic E-state index is -1.02. The van der Waals surface area contributed by atoms with Crippen molar-refractivity contribution >= 4 is 34.6 Å². The van der Waals surface area contributed by atoms with Crippen molar-refractivity contribution in [3.8, 4) is 0 Å². The summed E-state index contributed by atoms with van der Waals surface area (Å²) in [5.41, 5.74) is 1.00. The van der Waals surface area contributed by atoms with Crippen molar-refractivity contribution in [3.05, 3.63) is 84.5 Å². The summed E-state index contributed by atoms with van der Waals surface area (Å²) in [6.07, 6.45) is 1.45. The first-order chi connectivity index (χ1) is 14.7. The summed E-state index contributed by atoms with van der Waals surface area (Å²) in [5, 5.41) is 2.69.